The maximum atomic E-state index is 12.5. The molecule has 0 saturated heterocycles. The van der Waals surface area contributed by atoms with Crippen LogP contribution >= 0.6 is 0 Å². The van der Waals surface area contributed by atoms with Crippen molar-refractivity contribution in [2.75, 3.05) is 0 Å². The fourth-order valence-electron chi connectivity index (χ4n) is 2.66. The number of esters is 1. The number of rotatable bonds is 7. The van der Waals surface area contributed by atoms with Crippen LogP contribution in [0.15, 0.2) is 66.9 Å². The number of hydrogen-bond acceptors (Lipinski definition) is 5. The Labute approximate surface area is 161 Å². The van der Waals surface area contributed by atoms with Gasteiger partial charge < -0.3 is 15.8 Å². The first kappa shape index (κ1) is 19.0. The number of carbonyl (C=O) groups excluding carboxylic acids is 3. The van der Waals surface area contributed by atoms with Crippen LogP contribution in [0.3, 0.4) is 0 Å². The van der Waals surface area contributed by atoms with Crippen LogP contribution in [0.2, 0.25) is 0 Å². The highest BCUT2D eigenvalue weighted by atomic mass is 16.5. The number of nitrogens with two attached hydrogens (primary N) is 1. The number of pyridine rings is 1. The van der Waals surface area contributed by atoms with Crippen molar-refractivity contribution in [2.45, 2.75) is 19.1 Å². The first-order valence-corrected chi connectivity index (χ1v) is 8.67. The number of hydrogen-bond donors (Lipinski definition) is 2. The van der Waals surface area contributed by atoms with Gasteiger partial charge in [-0.1, -0.05) is 54.6 Å². The Morgan fingerprint density at radius 1 is 1.00 bits per heavy atom. The molecule has 28 heavy (non-hydrogen) atoms. The molecule has 0 unspecified atom stereocenters. The van der Waals surface area contributed by atoms with Crippen molar-refractivity contribution in [2.24, 2.45) is 5.73 Å². The van der Waals surface area contributed by atoms with E-state index in [-0.39, 0.29) is 18.7 Å². The van der Waals surface area contributed by atoms with E-state index in [1.54, 1.807) is 24.4 Å². The summed E-state index contributed by atoms with van der Waals surface area (Å²) in [6.07, 6.45) is 1.20. The summed E-state index contributed by atoms with van der Waals surface area (Å²) in [6.45, 7) is 0.0268. The zero-order chi connectivity index (χ0) is 19.9. The fourth-order valence-corrected chi connectivity index (χ4v) is 2.66. The van der Waals surface area contributed by atoms with Gasteiger partial charge in [-0.05, 0) is 17.0 Å². The summed E-state index contributed by atoms with van der Waals surface area (Å²) >= 11 is 0. The third-order valence-electron chi connectivity index (χ3n) is 4.08. The zero-order valence-corrected chi connectivity index (χ0v) is 15.0. The highest BCUT2D eigenvalue weighted by Crippen LogP contribution is 2.13. The second-order valence-electron chi connectivity index (χ2n) is 6.21. The van der Waals surface area contributed by atoms with Crippen molar-refractivity contribution in [1.29, 1.82) is 0 Å². The summed E-state index contributed by atoms with van der Waals surface area (Å²) in [6, 6.07) is 16.9. The lowest BCUT2D eigenvalue weighted by Gasteiger charge is -2.16. The average molecular weight is 377 g/mol. The molecule has 142 valence electrons. The Morgan fingerprint density at radius 2 is 1.68 bits per heavy atom. The van der Waals surface area contributed by atoms with Crippen LogP contribution in [0.4, 0.5) is 0 Å². The molecule has 0 aliphatic heterocycles. The number of nitrogens with one attached hydrogen (secondary N) is 1. The predicted molar refractivity (Wildman–Crippen MR) is 103 cm³/mol. The van der Waals surface area contributed by atoms with Gasteiger partial charge in [0.2, 0.25) is 5.91 Å². The standard InChI is InChI=1S/C21H19N3O4/c22-19(25)11-18(21(27)28-13-14-6-2-1-3-7-14)24-20(26)17-10-15-8-4-5-9-16(15)12-23-17/h1-10,12,18H,11,13H2,(H2,22,25)(H,24,26)/t18-/m0/s1. The van der Waals surface area contributed by atoms with E-state index in [9.17, 15) is 14.4 Å². The van der Waals surface area contributed by atoms with Crippen molar-refractivity contribution >= 4 is 28.6 Å². The van der Waals surface area contributed by atoms with Crippen LogP contribution in [-0.4, -0.2) is 28.8 Å². The minimum Gasteiger partial charge on any atom is -0.459 e. The molecule has 3 N–H and O–H groups in total. The number of ether oxygens (including phenoxy) is 1. The monoisotopic (exact) mass is 377 g/mol. The molecule has 7 nitrogen and oxygen atoms in total. The summed E-state index contributed by atoms with van der Waals surface area (Å²) in [5.41, 5.74) is 6.13. The molecule has 7 heteroatoms. The van der Waals surface area contributed by atoms with Crippen LogP contribution < -0.4 is 11.1 Å². The van der Waals surface area contributed by atoms with Gasteiger partial charge in [-0.25, -0.2) is 4.79 Å². The molecular weight excluding hydrogens is 358 g/mol. The summed E-state index contributed by atoms with van der Waals surface area (Å²) in [5, 5.41) is 4.21. The van der Waals surface area contributed by atoms with Crippen LogP contribution in [0.5, 0.6) is 0 Å². The molecule has 1 aromatic heterocycles. The van der Waals surface area contributed by atoms with Crippen molar-refractivity contribution in [3.05, 3.63) is 78.1 Å². The highest BCUT2D eigenvalue weighted by Gasteiger charge is 2.25. The van der Waals surface area contributed by atoms with Gasteiger partial charge in [-0.2, -0.15) is 0 Å². The van der Waals surface area contributed by atoms with Crippen molar-refractivity contribution < 1.29 is 19.1 Å². The van der Waals surface area contributed by atoms with E-state index in [2.05, 4.69) is 10.3 Å². The fraction of sp³-hybridized carbons (Fsp3) is 0.143. The number of fused-ring (bicyclic) bond motifs is 1. The minimum atomic E-state index is -1.19. The van der Waals surface area contributed by atoms with Crippen LogP contribution in [0, 0.1) is 0 Å². The molecule has 0 aliphatic rings. The van der Waals surface area contributed by atoms with Crippen molar-refractivity contribution in [3.63, 3.8) is 0 Å². The van der Waals surface area contributed by atoms with E-state index in [0.717, 1.165) is 16.3 Å². The first-order valence-electron chi connectivity index (χ1n) is 8.67. The maximum absolute atomic E-state index is 12.5. The van der Waals surface area contributed by atoms with Crippen molar-refractivity contribution in [1.82, 2.24) is 10.3 Å². The van der Waals surface area contributed by atoms with Gasteiger partial charge in [0.15, 0.2) is 0 Å². The van der Waals surface area contributed by atoms with E-state index in [1.165, 1.54) is 0 Å². The molecule has 0 spiro atoms. The lowest BCUT2D eigenvalue weighted by molar-refractivity contribution is -0.148. The quantitative estimate of drug-likeness (QED) is 0.611. The Morgan fingerprint density at radius 3 is 2.39 bits per heavy atom. The Kier molecular flexibility index (Phi) is 5.96. The molecule has 3 rings (SSSR count). The third kappa shape index (κ3) is 4.91. The Bertz CT molecular complexity index is 1000. The smallest absolute Gasteiger partial charge is 0.329 e. The highest BCUT2D eigenvalue weighted by molar-refractivity contribution is 5.99. The summed E-state index contributed by atoms with van der Waals surface area (Å²) in [7, 11) is 0. The average Bonchev–Trinajstić information content (AvgIpc) is 2.71. The van der Waals surface area contributed by atoms with Crippen LogP contribution in [0.25, 0.3) is 10.8 Å². The number of benzene rings is 2. The summed E-state index contributed by atoms with van der Waals surface area (Å²) in [4.78, 5) is 40.3. The molecule has 3 aromatic rings. The molecule has 2 aromatic carbocycles. The number of amides is 2. The summed E-state index contributed by atoms with van der Waals surface area (Å²) in [5.74, 6) is -2.06. The summed E-state index contributed by atoms with van der Waals surface area (Å²) < 4.78 is 5.22. The zero-order valence-electron chi connectivity index (χ0n) is 15.0. The van der Waals surface area contributed by atoms with E-state index >= 15 is 0 Å². The number of carbonyl (C=O) groups is 3. The molecule has 1 atom stereocenters. The Balaban J connectivity index is 1.70. The van der Waals surface area contributed by atoms with E-state index in [4.69, 9.17) is 10.5 Å². The molecule has 0 aliphatic carbocycles. The maximum Gasteiger partial charge on any atom is 0.329 e. The SMILES string of the molecule is NC(=O)C[C@H](NC(=O)c1cc2ccccc2cn1)C(=O)OCc1ccccc1. The lowest BCUT2D eigenvalue weighted by atomic mass is 10.1. The van der Waals surface area contributed by atoms with Crippen LogP contribution in [-0.2, 0) is 20.9 Å². The largest absolute Gasteiger partial charge is 0.459 e. The minimum absolute atomic E-state index is 0.0268. The molecule has 0 saturated carbocycles. The lowest BCUT2D eigenvalue weighted by Crippen LogP contribution is -2.44. The molecular formula is C21H19N3O4. The first-order chi connectivity index (χ1) is 13.5. The second-order valence-corrected chi connectivity index (χ2v) is 6.21. The van der Waals surface area contributed by atoms with Gasteiger partial charge in [0, 0.05) is 11.6 Å². The van der Waals surface area contributed by atoms with Gasteiger partial charge in [0.1, 0.15) is 18.3 Å². The Hall–Kier alpha value is -3.74. The van der Waals surface area contributed by atoms with Gasteiger partial charge in [0.05, 0.1) is 6.42 Å². The number of aromatic nitrogens is 1. The van der Waals surface area contributed by atoms with Gasteiger partial charge in [0.25, 0.3) is 5.91 Å². The normalized spacial score (nSPS) is 11.6. The molecule has 1 heterocycles. The molecule has 0 bridgehead atoms. The molecule has 0 radical (unpaired) electrons. The molecule has 0 fully saturated rings. The second kappa shape index (κ2) is 8.77. The topological polar surface area (TPSA) is 111 Å². The van der Waals surface area contributed by atoms with Crippen LogP contribution in [0.1, 0.15) is 22.5 Å². The predicted octanol–water partition coefficient (Wildman–Crippen LogP) is 1.95. The molecule has 2 amide bonds. The van der Waals surface area contributed by atoms with Crippen molar-refractivity contribution in [3.8, 4) is 0 Å². The van der Waals surface area contributed by atoms with E-state index in [1.807, 2.05) is 42.5 Å². The number of nitrogens with zero attached hydrogens (tertiary/aromatic N) is 1. The van der Waals surface area contributed by atoms with Gasteiger partial charge >= 0.3 is 5.97 Å². The van der Waals surface area contributed by atoms with Gasteiger partial charge in [-0.3, -0.25) is 14.6 Å². The number of primary amides is 1. The van der Waals surface area contributed by atoms with E-state index in [0.29, 0.717) is 0 Å². The van der Waals surface area contributed by atoms with Gasteiger partial charge in [-0.15, -0.1) is 0 Å². The van der Waals surface area contributed by atoms with E-state index < -0.39 is 23.8 Å². The third-order valence-corrected chi connectivity index (χ3v) is 4.08.